The van der Waals surface area contributed by atoms with Crippen molar-refractivity contribution in [2.24, 2.45) is 5.41 Å². The quantitative estimate of drug-likeness (QED) is 0.399. The van der Waals surface area contributed by atoms with E-state index in [1.54, 1.807) is 20.8 Å². The van der Waals surface area contributed by atoms with E-state index in [0.29, 0.717) is 5.06 Å². The lowest BCUT2D eigenvalue weighted by Gasteiger charge is -2.31. The predicted octanol–water partition coefficient (Wildman–Crippen LogP) is -0.463. The summed E-state index contributed by atoms with van der Waals surface area (Å²) >= 11 is 0. The van der Waals surface area contributed by atoms with Crippen molar-refractivity contribution in [1.29, 1.82) is 0 Å². The molecule has 2 bridgehead atoms. The molecule has 2 rings (SSSR count). The number of hydrogen-bond donors (Lipinski definition) is 3. The maximum Gasteiger partial charge on any atom is 0.418 e. The second-order valence-corrected chi connectivity index (χ2v) is 8.18. The molecule has 2 saturated heterocycles. The summed E-state index contributed by atoms with van der Waals surface area (Å²) in [6.45, 7) is 4.89. The number of carboxylic acid groups (broad SMARTS) is 1. The third kappa shape index (κ3) is 4.41. The van der Waals surface area contributed by atoms with Crippen LogP contribution in [0.3, 0.4) is 0 Å². The summed E-state index contributed by atoms with van der Waals surface area (Å²) in [5, 5.41) is 9.69. The largest absolute Gasteiger partial charge is 0.479 e. The lowest BCUT2D eigenvalue weighted by Crippen LogP contribution is -2.52. The van der Waals surface area contributed by atoms with Gasteiger partial charge in [0.2, 0.25) is 0 Å². The van der Waals surface area contributed by atoms with E-state index in [9.17, 15) is 27.9 Å². The van der Waals surface area contributed by atoms with Gasteiger partial charge >= 0.3 is 22.4 Å². The summed E-state index contributed by atoms with van der Waals surface area (Å²) in [4.78, 5) is 41.9. The molecule has 2 fully saturated rings. The van der Waals surface area contributed by atoms with Crippen molar-refractivity contribution >= 4 is 28.3 Å². The van der Waals surface area contributed by atoms with Crippen molar-refractivity contribution in [2.45, 2.75) is 51.8 Å². The Labute approximate surface area is 149 Å². The van der Waals surface area contributed by atoms with Crippen LogP contribution in [0.1, 0.15) is 33.6 Å². The second-order valence-electron chi connectivity index (χ2n) is 7.18. The third-order valence-corrected chi connectivity index (χ3v) is 4.44. The van der Waals surface area contributed by atoms with E-state index in [-0.39, 0.29) is 19.4 Å². The number of amides is 3. The second kappa shape index (κ2) is 6.98. The standard InChI is InChI=1S/C13H21N3O9S/c1-13(2,3)9(11(18)19)24-14-10(17)8-5-4-7-6-15(8)12(20)16(7)25-26(21,22)23/h7-9H,4-6H2,1-3H3,(H,14,17)(H,18,19)(H,21,22,23)/t7-,8+,9?/m1/s1. The van der Waals surface area contributed by atoms with Crippen LogP contribution in [0.2, 0.25) is 0 Å². The van der Waals surface area contributed by atoms with Gasteiger partial charge in [-0.05, 0) is 12.8 Å². The molecule has 3 atom stereocenters. The zero-order chi connectivity index (χ0) is 19.9. The molecule has 2 aliphatic rings. The van der Waals surface area contributed by atoms with E-state index in [2.05, 4.69) is 9.76 Å². The maximum atomic E-state index is 12.3. The Hall–Kier alpha value is -1.96. The van der Waals surface area contributed by atoms with Crippen LogP contribution in [0.25, 0.3) is 0 Å². The molecule has 0 spiro atoms. The summed E-state index contributed by atoms with van der Waals surface area (Å²) in [6, 6.07) is -2.50. The van der Waals surface area contributed by atoms with Gasteiger partial charge in [0.15, 0.2) is 6.10 Å². The van der Waals surface area contributed by atoms with E-state index < -0.39 is 51.9 Å². The van der Waals surface area contributed by atoms with Crippen molar-refractivity contribution in [2.75, 3.05) is 6.54 Å². The molecule has 13 heteroatoms. The van der Waals surface area contributed by atoms with E-state index in [0.717, 1.165) is 4.90 Å². The van der Waals surface area contributed by atoms with Gasteiger partial charge < -0.3 is 10.0 Å². The van der Waals surface area contributed by atoms with Gasteiger partial charge in [-0.3, -0.25) is 14.2 Å². The van der Waals surface area contributed by atoms with Gasteiger partial charge in [-0.15, -0.1) is 4.28 Å². The Morgan fingerprint density at radius 3 is 2.42 bits per heavy atom. The Morgan fingerprint density at radius 1 is 1.31 bits per heavy atom. The Kier molecular flexibility index (Phi) is 5.46. The minimum Gasteiger partial charge on any atom is -0.479 e. The lowest BCUT2D eigenvalue weighted by molar-refractivity contribution is -0.172. The highest BCUT2D eigenvalue weighted by Gasteiger charge is 2.49. The number of nitrogens with one attached hydrogen (secondary N) is 1. The predicted molar refractivity (Wildman–Crippen MR) is 83.5 cm³/mol. The summed E-state index contributed by atoms with van der Waals surface area (Å²) in [5.41, 5.74) is 1.27. The van der Waals surface area contributed by atoms with Crippen molar-refractivity contribution in [3.05, 3.63) is 0 Å². The van der Waals surface area contributed by atoms with E-state index >= 15 is 0 Å². The van der Waals surface area contributed by atoms with Gasteiger partial charge in [-0.1, -0.05) is 20.8 Å². The number of carbonyl (C=O) groups excluding carboxylic acids is 2. The van der Waals surface area contributed by atoms with Crippen molar-refractivity contribution in [3.63, 3.8) is 0 Å². The fourth-order valence-corrected chi connectivity index (χ4v) is 3.28. The number of hydrogen-bond acceptors (Lipinski definition) is 7. The highest BCUT2D eigenvalue weighted by Crippen LogP contribution is 2.31. The molecule has 3 N–H and O–H groups in total. The van der Waals surface area contributed by atoms with E-state index in [4.69, 9.17) is 9.39 Å². The Morgan fingerprint density at radius 2 is 1.92 bits per heavy atom. The minimum absolute atomic E-state index is 0.0219. The normalized spacial score (nSPS) is 24.5. The molecule has 2 heterocycles. The number of nitrogens with zero attached hydrogens (tertiary/aromatic N) is 2. The molecule has 0 saturated carbocycles. The van der Waals surface area contributed by atoms with E-state index in [1.807, 2.05) is 0 Å². The topological polar surface area (TPSA) is 163 Å². The number of hydroxylamine groups is 3. The first-order valence-electron chi connectivity index (χ1n) is 7.76. The average molecular weight is 395 g/mol. The molecule has 26 heavy (non-hydrogen) atoms. The van der Waals surface area contributed by atoms with Crippen LogP contribution in [0.15, 0.2) is 0 Å². The molecule has 3 amide bonds. The minimum atomic E-state index is -4.88. The summed E-state index contributed by atoms with van der Waals surface area (Å²) in [6.07, 6.45) is -0.877. The fourth-order valence-electron chi connectivity index (χ4n) is 2.89. The molecular formula is C13H21N3O9S. The summed E-state index contributed by atoms with van der Waals surface area (Å²) in [7, 11) is -4.88. The van der Waals surface area contributed by atoms with Gasteiger partial charge in [-0.2, -0.15) is 13.5 Å². The molecule has 0 radical (unpaired) electrons. The molecule has 0 aromatic heterocycles. The maximum absolute atomic E-state index is 12.3. The molecule has 0 aliphatic carbocycles. The number of urea groups is 1. The first kappa shape index (κ1) is 20.4. The summed E-state index contributed by atoms with van der Waals surface area (Å²) in [5.74, 6) is -1.99. The average Bonchev–Trinajstić information content (AvgIpc) is 2.69. The lowest BCUT2D eigenvalue weighted by atomic mass is 9.89. The van der Waals surface area contributed by atoms with Crippen LogP contribution in [0.5, 0.6) is 0 Å². The molecule has 1 unspecified atom stereocenters. The third-order valence-electron chi connectivity index (χ3n) is 4.09. The van der Waals surface area contributed by atoms with Gasteiger partial charge in [0, 0.05) is 12.0 Å². The van der Waals surface area contributed by atoms with Gasteiger partial charge in [0.25, 0.3) is 5.91 Å². The first-order valence-corrected chi connectivity index (χ1v) is 9.13. The van der Waals surface area contributed by atoms with Gasteiger partial charge in [0.05, 0.1) is 6.04 Å². The number of carbonyl (C=O) groups is 3. The summed E-state index contributed by atoms with van der Waals surface area (Å²) < 4.78 is 34.7. The van der Waals surface area contributed by atoms with Crippen LogP contribution < -0.4 is 5.48 Å². The zero-order valence-corrected chi connectivity index (χ0v) is 15.2. The number of fused-ring (bicyclic) bond motifs is 2. The van der Waals surface area contributed by atoms with Crippen LogP contribution in [0, 0.1) is 5.41 Å². The number of aliphatic carboxylic acids is 1. The molecule has 2 aliphatic heterocycles. The monoisotopic (exact) mass is 395 g/mol. The highest BCUT2D eigenvalue weighted by atomic mass is 32.3. The van der Waals surface area contributed by atoms with Crippen molar-refractivity contribution < 1.29 is 41.6 Å². The molecule has 12 nitrogen and oxygen atoms in total. The van der Waals surface area contributed by atoms with E-state index in [1.165, 1.54) is 0 Å². The van der Waals surface area contributed by atoms with Gasteiger partial charge in [0.1, 0.15) is 6.04 Å². The van der Waals surface area contributed by atoms with Crippen LogP contribution >= 0.6 is 0 Å². The number of piperidine rings is 1. The van der Waals surface area contributed by atoms with Crippen molar-refractivity contribution in [3.8, 4) is 0 Å². The highest BCUT2D eigenvalue weighted by molar-refractivity contribution is 7.80. The first-order chi connectivity index (χ1) is 11.8. The Bertz CT molecular complexity index is 702. The van der Waals surface area contributed by atoms with Crippen LogP contribution in [-0.2, 0) is 29.1 Å². The number of rotatable bonds is 6. The van der Waals surface area contributed by atoms with Crippen molar-refractivity contribution in [1.82, 2.24) is 15.4 Å². The zero-order valence-electron chi connectivity index (χ0n) is 14.4. The molecule has 0 aromatic rings. The van der Waals surface area contributed by atoms with Crippen LogP contribution in [0.4, 0.5) is 4.79 Å². The molecule has 0 aromatic carbocycles. The smallest absolute Gasteiger partial charge is 0.418 e. The SMILES string of the molecule is CC(C)(C)C(ONC(=O)[C@@H]1CC[C@@H]2CN1C(=O)N2OS(=O)(=O)O)C(=O)O. The molecule has 148 valence electrons. The molecular weight excluding hydrogens is 374 g/mol. The number of carboxylic acids is 1. The fraction of sp³-hybridized carbons (Fsp3) is 0.769. The Balaban J connectivity index is 2.03. The van der Waals surface area contributed by atoms with Gasteiger partial charge in [-0.25, -0.2) is 15.1 Å². The van der Waals surface area contributed by atoms with Crippen LogP contribution in [-0.4, -0.2) is 70.7 Å².